The molecule has 1 spiro atoms. The molecular weight excluding hydrogens is 360 g/mol. The molecule has 3 heterocycles. The summed E-state index contributed by atoms with van der Waals surface area (Å²) in [5.41, 5.74) is 0.121. The molecule has 1 saturated heterocycles. The molecule has 27 heavy (non-hydrogen) atoms. The molecule has 4 rings (SSSR count). The third-order valence-electron chi connectivity index (χ3n) is 5.67. The molecule has 1 unspecified atom stereocenters. The van der Waals surface area contributed by atoms with Gasteiger partial charge in [-0.25, -0.2) is 4.99 Å². The number of nitrogens with zero attached hydrogens (tertiary/aromatic N) is 4. The SMILES string of the molecule is Cc1nnc(CN=C(NCc2cccs2)NC2CCOC3(CCC3)C2)n1C. The van der Waals surface area contributed by atoms with Crippen LogP contribution in [0.3, 0.4) is 0 Å². The lowest BCUT2D eigenvalue weighted by atomic mass is 9.74. The van der Waals surface area contributed by atoms with Gasteiger partial charge in [-0.15, -0.1) is 21.5 Å². The van der Waals surface area contributed by atoms with E-state index in [0.29, 0.717) is 12.6 Å². The highest BCUT2D eigenvalue weighted by atomic mass is 32.1. The molecule has 2 aromatic heterocycles. The normalized spacial score (nSPS) is 21.9. The average molecular weight is 389 g/mol. The maximum Gasteiger partial charge on any atom is 0.192 e. The zero-order valence-electron chi connectivity index (χ0n) is 16.1. The monoisotopic (exact) mass is 388 g/mol. The number of ether oxygens (including phenoxy) is 1. The van der Waals surface area contributed by atoms with Gasteiger partial charge in [-0.2, -0.15) is 0 Å². The molecule has 7 nitrogen and oxygen atoms in total. The summed E-state index contributed by atoms with van der Waals surface area (Å²) in [4.78, 5) is 6.08. The Balaban J connectivity index is 1.43. The van der Waals surface area contributed by atoms with Crippen LogP contribution in [0, 0.1) is 6.92 Å². The minimum Gasteiger partial charge on any atom is -0.375 e. The Morgan fingerprint density at radius 2 is 2.33 bits per heavy atom. The minimum atomic E-state index is 0.121. The first-order valence-electron chi connectivity index (χ1n) is 9.70. The fourth-order valence-corrected chi connectivity index (χ4v) is 4.38. The molecule has 8 heteroatoms. The van der Waals surface area contributed by atoms with Crippen LogP contribution in [0.25, 0.3) is 0 Å². The molecule has 0 aromatic carbocycles. The number of nitrogens with one attached hydrogen (secondary N) is 2. The Labute approximate surface area is 164 Å². The van der Waals surface area contributed by atoms with Crippen molar-refractivity contribution in [1.82, 2.24) is 25.4 Å². The maximum absolute atomic E-state index is 6.06. The van der Waals surface area contributed by atoms with Crippen LogP contribution in [0.15, 0.2) is 22.5 Å². The van der Waals surface area contributed by atoms with Gasteiger partial charge in [0.05, 0.1) is 12.1 Å². The molecule has 2 aromatic rings. The van der Waals surface area contributed by atoms with E-state index in [2.05, 4.69) is 38.3 Å². The Morgan fingerprint density at radius 3 is 3.00 bits per heavy atom. The predicted octanol–water partition coefficient (Wildman–Crippen LogP) is 2.52. The van der Waals surface area contributed by atoms with Crippen LogP contribution in [0.2, 0.25) is 0 Å². The van der Waals surface area contributed by atoms with Gasteiger partial charge in [-0.05, 0) is 50.5 Å². The van der Waals surface area contributed by atoms with Crippen LogP contribution in [0.4, 0.5) is 0 Å². The Hall–Kier alpha value is -1.93. The first-order valence-corrected chi connectivity index (χ1v) is 10.6. The highest BCUT2D eigenvalue weighted by Gasteiger charge is 2.42. The summed E-state index contributed by atoms with van der Waals surface area (Å²) in [6, 6.07) is 4.61. The first kappa shape index (κ1) is 18.4. The van der Waals surface area contributed by atoms with Crippen LogP contribution in [0.5, 0.6) is 0 Å². The van der Waals surface area contributed by atoms with Gasteiger partial charge < -0.3 is 19.9 Å². The Bertz CT molecular complexity index is 780. The van der Waals surface area contributed by atoms with Crippen molar-refractivity contribution in [2.75, 3.05) is 6.61 Å². The van der Waals surface area contributed by atoms with Crippen molar-refractivity contribution < 1.29 is 4.74 Å². The van der Waals surface area contributed by atoms with Gasteiger partial charge in [-0.3, -0.25) is 0 Å². The summed E-state index contributed by atoms with van der Waals surface area (Å²) >= 11 is 1.75. The molecule has 2 N–H and O–H groups in total. The number of hydrogen-bond donors (Lipinski definition) is 2. The number of rotatable bonds is 5. The number of aromatic nitrogens is 3. The molecule has 1 aliphatic heterocycles. The summed E-state index contributed by atoms with van der Waals surface area (Å²) in [7, 11) is 1.98. The smallest absolute Gasteiger partial charge is 0.192 e. The quantitative estimate of drug-likeness (QED) is 0.608. The molecule has 1 atom stereocenters. The third-order valence-corrected chi connectivity index (χ3v) is 6.55. The number of aryl methyl sites for hydroxylation is 1. The van der Waals surface area contributed by atoms with Crippen LogP contribution >= 0.6 is 11.3 Å². The van der Waals surface area contributed by atoms with Crippen molar-refractivity contribution >= 4 is 17.3 Å². The summed E-state index contributed by atoms with van der Waals surface area (Å²) in [5, 5.41) is 17.6. The van der Waals surface area contributed by atoms with Gasteiger partial charge in [0, 0.05) is 24.6 Å². The van der Waals surface area contributed by atoms with E-state index >= 15 is 0 Å². The zero-order valence-corrected chi connectivity index (χ0v) is 16.9. The molecule has 2 fully saturated rings. The first-order chi connectivity index (χ1) is 13.1. The largest absolute Gasteiger partial charge is 0.375 e. The predicted molar refractivity (Wildman–Crippen MR) is 107 cm³/mol. The zero-order chi connectivity index (χ0) is 18.7. The number of guanidine groups is 1. The molecule has 1 aliphatic carbocycles. The topological polar surface area (TPSA) is 76.4 Å². The molecule has 146 valence electrons. The van der Waals surface area contributed by atoms with E-state index in [1.165, 1.54) is 24.1 Å². The van der Waals surface area contributed by atoms with Crippen molar-refractivity contribution in [2.24, 2.45) is 12.0 Å². The number of aliphatic imine (C=N–C) groups is 1. The lowest BCUT2D eigenvalue weighted by Gasteiger charge is -2.47. The van der Waals surface area contributed by atoms with E-state index < -0.39 is 0 Å². The van der Waals surface area contributed by atoms with E-state index in [1.807, 2.05) is 18.5 Å². The summed E-state index contributed by atoms with van der Waals surface area (Å²) in [5.74, 6) is 2.61. The van der Waals surface area contributed by atoms with Gasteiger partial charge in [0.15, 0.2) is 11.8 Å². The molecule has 2 aliphatic rings. The Kier molecular flexibility index (Phi) is 5.45. The van der Waals surface area contributed by atoms with Crippen molar-refractivity contribution in [3.63, 3.8) is 0 Å². The highest BCUT2D eigenvalue weighted by Crippen LogP contribution is 2.42. The summed E-state index contributed by atoms with van der Waals surface area (Å²) < 4.78 is 8.04. The van der Waals surface area contributed by atoms with Gasteiger partial charge in [-0.1, -0.05) is 6.07 Å². The van der Waals surface area contributed by atoms with Crippen molar-refractivity contribution in [3.05, 3.63) is 34.0 Å². The standard InChI is InChI=1S/C19H28N6OS/c1-14-23-24-17(25(14)2)13-21-18(20-12-16-5-3-10-27-16)22-15-6-9-26-19(11-15)7-4-8-19/h3,5,10,15H,4,6-9,11-13H2,1-2H3,(H2,20,21,22). The fourth-order valence-electron chi connectivity index (χ4n) is 3.74. The van der Waals surface area contributed by atoms with Crippen molar-refractivity contribution in [2.45, 2.75) is 63.8 Å². The van der Waals surface area contributed by atoms with E-state index in [1.54, 1.807) is 11.3 Å². The van der Waals surface area contributed by atoms with Crippen LogP contribution in [-0.4, -0.2) is 39.0 Å². The second-order valence-electron chi connectivity index (χ2n) is 7.54. The molecule has 0 bridgehead atoms. The molecule has 1 saturated carbocycles. The van der Waals surface area contributed by atoms with Crippen molar-refractivity contribution in [1.29, 1.82) is 0 Å². The van der Waals surface area contributed by atoms with E-state index in [-0.39, 0.29) is 5.60 Å². The Morgan fingerprint density at radius 1 is 1.44 bits per heavy atom. The lowest BCUT2D eigenvalue weighted by Crippen LogP contribution is -2.53. The maximum atomic E-state index is 6.06. The van der Waals surface area contributed by atoms with Crippen molar-refractivity contribution in [3.8, 4) is 0 Å². The van der Waals surface area contributed by atoms with Crippen LogP contribution in [-0.2, 0) is 24.9 Å². The summed E-state index contributed by atoms with van der Waals surface area (Å²) in [6.45, 7) is 4.06. The van der Waals surface area contributed by atoms with E-state index in [4.69, 9.17) is 9.73 Å². The second-order valence-corrected chi connectivity index (χ2v) is 8.57. The summed E-state index contributed by atoms with van der Waals surface area (Å²) in [6.07, 6.45) is 5.76. The number of hydrogen-bond acceptors (Lipinski definition) is 5. The van der Waals surface area contributed by atoms with Gasteiger partial charge in [0.1, 0.15) is 12.4 Å². The third kappa shape index (κ3) is 4.32. The molecule has 0 radical (unpaired) electrons. The lowest BCUT2D eigenvalue weighted by molar-refractivity contribution is -0.134. The fraction of sp³-hybridized carbons (Fsp3) is 0.632. The molecule has 0 amide bonds. The van der Waals surface area contributed by atoms with Crippen LogP contribution in [0.1, 0.15) is 48.6 Å². The minimum absolute atomic E-state index is 0.121. The highest BCUT2D eigenvalue weighted by molar-refractivity contribution is 7.09. The van der Waals surface area contributed by atoms with Gasteiger partial charge >= 0.3 is 0 Å². The van der Waals surface area contributed by atoms with Gasteiger partial charge in [0.2, 0.25) is 0 Å². The van der Waals surface area contributed by atoms with E-state index in [0.717, 1.165) is 43.6 Å². The second kappa shape index (κ2) is 7.98. The van der Waals surface area contributed by atoms with Gasteiger partial charge in [0.25, 0.3) is 0 Å². The molecular formula is C19H28N6OS. The number of thiophene rings is 1. The van der Waals surface area contributed by atoms with E-state index in [9.17, 15) is 0 Å². The average Bonchev–Trinajstić information content (AvgIpc) is 3.28. The van der Waals surface area contributed by atoms with Crippen LogP contribution < -0.4 is 10.6 Å².